The van der Waals surface area contributed by atoms with E-state index in [0.29, 0.717) is 6.04 Å². The van der Waals surface area contributed by atoms with E-state index in [-0.39, 0.29) is 17.2 Å². The molecule has 1 amide bonds. The molecule has 1 heterocycles. The SMILES string of the molecule is CC1(C)C[C@H]1C(=O)NC1CCNCC1. The van der Waals surface area contributed by atoms with Crippen molar-refractivity contribution in [2.24, 2.45) is 11.3 Å². The Morgan fingerprint density at radius 2 is 1.93 bits per heavy atom. The maximum atomic E-state index is 11.8. The quantitative estimate of drug-likeness (QED) is 0.689. The molecule has 1 saturated heterocycles. The number of rotatable bonds is 2. The van der Waals surface area contributed by atoms with Crippen molar-refractivity contribution in [3.05, 3.63) is 0 Å². The number of hydrogen-bond donors (Lipinski definition) is 2. The molecule has 2 fully saturated rings. The zero-order chi connectivity index (χ0) is 10.2. The lowest BCUT2D eigenvalue weighted by Gasteiger charge is -2.23. The molecular weight excluding hydrogens is 176 g/mol. The summed E-state index contributed by atoms with van der Waals surface area (Å²) < 4.78 is 0. The predicted octanol–water partition coefficient (Wildman–Crippen LogP) is 0.901. The summed E-state index contributed by atoms with van der Waals surface area (Å²) in [6, 6.07) is 0.417. The van der Waals surface area contributed by atoms with E-state index in [4.69, 9.17) is 0 Å². The minimum absolute atomic E-state index is 0.261. The third-order valence-corrected chi connectivity index (χ3v) is 3.52. The first-order valence-electron chi connectivity index (χ1n) is 5.61. The van der Waals surface area contributed by atoms with Crippen molar-refractivity contribution in [2.75, 3.05) is 13.1 Å². The van der Waals surface area contributed by atoms with E-state index in [2.05, 4.69) is 24.5 Å². The maximum absolute atomic E-state index is 11.8. The Balaban J connectivity index is 1.77. The highest BCUT2D eigenvalue weighted by Crippen LogP contribution is 2.51. The van der Waals surface area contributed by atoms with Gasteiger partial charge in [-0.2, -0.15) is 0 Å². The molecule has 1 aliphatic carbocycles. The fourth-order valence-electron chi connectivity index (χ4n) is 2.18. The monoisotopic (exact) mass is 196 g/mol. The summed E-state index contributed by atoms with van der Waals surface area (Å²) in [6.45, 7) is 6.41. The number of hydrogen-bond acceptors (Lipinski definition) is 2. The Bertz CT molecular complexity index is 231. The van der Waals surface area contributed by atoms with Gasteiger partial charge >= 0.3 is 0 Å². The van der Waals surface area contributed by atoms with Gasteiger partial charge in [0.25, 0.3) is 0 Å². The van der Waals surface area contributed by atoms with E-state index in [9.17, 15) is 4.79 Å². The smallest absolute Gasteiger partial charge is 0.223 e. The van der Waals surface area contributed by atoms with E-state index in [1.807, 2.05) is 0 Å². The van der Waals surface area contributed by atoms with Gasteiger partial charge in [-0.1, -0.05) is 13.8 Å². The van der Waals surface area contributed by atoms with Gasteiger partial charge in [-0.3, -0.25) is 4.79 Å². The number of carbonyl (C=O) groups is 1. The third kappa shape index (κ3) is 2.08. The second kappa shape index (κ2) is 3.54. The summed E-state index contributed by atoms with van der Waals surface area (Å²) in [6.07, 6.45) is 3.22. The molecule has 2 rings (SSSR count). The average Bonchev–Trinajstić information content (AvgIpc) is 2.77. The minimum atomic E-state index is 0.261. The third-order valence-electron chi connectivity index (χ3n) is 3.52. The lowest BCUT2D eigenvalue weighted by Crippen LogP contribution is -2.43. The highest BCUT2D eigenvalue weighted by Gasteiger charge is 2.50. The number of nitrogens with one attached hydrogen (secondary N) is 2. The fraction of sp³-hybridized carbons (Fsp3) is 0.909. The second-order valence-corrected chi connectivity index (χ2v) is 5.28. The summed E-state index contributed by atoms with van der Waals surface area (Å²) in [5.41, 5.74) is 0.261. The number of piperidine rings is 1. The molecule has 0 aromatic carbocycles. The molecule has 1 saturated carbocycles. The second-order valence-electron chi connectivity index (χ2n) is 5.28. The Hall–Kier alpha value is -0.570. The van der Waals surface area contributed by atoms with E-state index < -0.39 is 0 Å². The van der Waals surface area contributed by atoms with E-state index in [0.717, 1.165) is 32.4 Å². The van der Waals surface area contributed by atoms with E-state index in [1.54, 1.807) is 0 Å². The van der Waals surface area contributed by atoms with Crippen LogP contribution in [0.1, 0.15) is 33.1 Å². The molecule has 3 nitrogen and oxygen atoms in total. The molecule has 0 aromatic rings. The predicted molar refractivity (Wildman–Crippen MR) is 55.9 cm³/mol. The zero-order valence-corrected chi connectivity index (χ0v) is 9.10. The van der Waals surface area contributed by atoms with Crippen molar-refractivity contribution < 1.29 is 4.79 Å². The van der Waals surface area contributed by atoms with Crippen LogP contribution in [0.3, 0.4) is 0 Å². The van der Waals surface area contributed by atoms with Crippen molar-refractivity contribution in [3.8, 4) is 0 Å². The molecule has 0 spiro atoms. The Labute approximate surface area is 85.6 Å². The molecule has 2 N–H and O–H groups in total. The largest absolute Gasteiger partial charge is 0.353 e. The topological polar surface area (TPSA) is 41.1 Å². The van der Waals surface area contributed by atoms with Crippen LogP contribution < -0.4 is 10.6 Å². The van der Waals surface area contributed by atoms with E-state index in [1.165, 1.54) is 0 Å². The number of carbonyl (C=O) groups excluding carboxylic acids is 1. The Morgan fingerprint density at radius 1 is 1.36 bits per heavy atom. The standard InChI is InChI=1S/C11H20N2O/c1-11(2)7-9(11)10(14)13-8-3-5-12-6-4-8/h8-9,12H,3-7H2,1-2H3,(H,13,14)/t9-/m0/s1. The van der Waals surface area contributed by atoms with Crippen molar-refractivity contribution in [1.82, 2.24) is 10.6 Å². The normalized spacial score (nSPS) is 31.1. The van der Waals surface area contributed by atoms with Gasteiger partial charge < -0.3 is 10.6 Å². The highest BCUT2D eigenvalue weighted by molar-refractivity contribution is 5.82. The molecule has 3 heteroatoms. The molecule has 0 aromatic heterocycles. The average molecular weight is 196 g/mol. The molecule has 0 radical (unpaired) electrons. The van der Waals surface area contributed by atoms with Gasteiger partial charge in [0.2, 0.25) is 5.91 Å². The summed E-state index contributed by atoms with van der Waals surface area (Å²) in [7, 11) is 0. The maximum Gasteiger partial charge on any atom is 0.223 e. The van der Waals surface area contributed by atoms with Gasteiger partial charge in [-0.25, -0.2) is 0 Å². The van der Waals surface area contributed by atoms with Gasteiger partial charge in [-0.05, 0) is 37.8 Å². The summed E-state index contributed by atoms with van der Waals surface area (Å²) in [5.74, 6) is 0.555. The van der Waals surface area contributed by atoms with Gasteiger partial charge in [0.1, 0.15) is 0 Å². The highest BCUT2D eigenvalue weighted by atomic mass is 16.2. The molecule has 14 heavy (non-hydrogen) atoms. The first-order chi connectivity index (χ1) is 6.59. The van der Waals surface area contributed by atoms with Crippen molar-refractivity contribution in [2.45, 2.75) is 39.2 Å². The van der Waals surface area contributed by atoms with Crippen molar-refractivity contribution in [1.29, 1.82) is 0 Å². The summed E-state index contributed by atoms with van der Waals surface area (Å²) in [5, 5.41) is 6.46. The van der Waals surface area contributed by atoms with Crippen LogP contribution in [0.15, 0.2) is 0 Å². The van der Waals surface area contributed by atoms with Crippen LogP contribution in [0.25, 0.3) is 0 Å². The van der Waals surface area contributed by atoms with Crippen LogP contribution >= 0.6 is 0 Å². The summed E-state index contributed by atoms with van der Waals surface area (Å²) >= 11 is 0. The van der Waals surface area contributed by atoms with Crippen molar-refractivity contribution in [3.63, 3.8) is 0 Å². The minimum Gasteiger partial charge on any atom is -0.353 e. The first-order valence-corrected chi connectivity index (χ1v) is 5.61. The molecule has 0 bridgehead atoms. The van der Waals surface area contributed by atoms with Crippen LogP contribution in [0.4, 0.5) is 0 Å². The van der Waals surface area contributed by atoms with Crippen LogP contribution in [0.2, 0.25) is 0 Å². The van der Waals surface area contributed by atoms with Gasteiger partial charge in [0, 0.05) is 12.0 Å². The first kappa shape index (κ1) is 9.97. The molecule has 0 unspecified atom stereocenters. The molecule has 2 aliphatic rings. The molecular formula is C11H20N2O. The van der Waals surface area contributed by atoms with Crippen LogP contribution in [-0.2, 0) is 4.79 Å². The van der Waals surface area contributed by atoms with E-state index >= 15 is 0 Å². The lowest BCUT2D eigenvalue weighted by molar-refractivity contribution is -0.123. The fourth-order valence-corrected chi connectivity index (χ4v) is 2.18. The zero-order valence-electron chi connectivity index (χ0n) is 9.10. The molecule has 1 aliphatic heterocycles. The lowest BCUT2D eigenvalue weighted by atomic mass is 10.1. The van der Waals surface area contributed by atoms with Crippen LogP contribution in [0, 0.1) is 11.3 Å². The Kier molecular flexibility index (Phi) is 2.52. The Morgan fingerprint density at radius 3 is 2.43 bits per heavy atom. The molecule has 1 atom stereocenters. The van der Waals surface area contributed by atoms with Crippen LogP contribution in [-0.4, -0.2) is 25.0 Å². The van der Waals surface area contributed by atoms with Crippen molar-refractivity contribution >= 4 is 5.91 Å². The summed E-state index contributed by atoms with van der Waals surface area (Å²) in [4.78, 5) is 11.8. The van der Waals surface area contributed by atoms with Gasteiger partial charge in [0.05, 0.1) is 0 Å². The van der Waals surface area contributed by atoms with Gasteiger partial charge in [0.15, 0.2) is 0 Å². The van der Waals surface area contributed by atoms with Gasteiger partial charge in [-0.15, -0.1) is 0 Å². The number of amides is 1. The van der Waals surface area contributed by atoms with Crippen LogP contribution in [0.5, 0.6) is 0 Å². The molecule has 80 valence electrons.